The second kappa shape index (κ2) is 9.72. The highest BCUT2D eigenvalue weighted by Crippen LogP contribution is 2.34. The van der Waals surface area contributed by atoms with E-state index < -0.39 is 0 Å². The number of hydrogen-bond donors (Lipinski definition) is 0. The first-order valence-electron chi connectivity index (χ1n) is 11.1. The van der Waals surface area contributed by atoms with E-state index in [4.69, 9.17) is 21.9 Å². The molecule has 2 aliphatic rings. The molecule has 1 atom stereocenters. The largest absolute Gasteiger partial charge is 0.376 e. The summed E-state index contributed by atoms with van der Waals surface area (Å²) < 4.78 is 7.74. The Kier molecular flexibility index (Phi) is 6.97. The van der Waals surface area contributed by atoms with Crippen LogP contribution in [0, 0.1) is 6.92 Å². The number of thiocarbonyl (C=S) groups is 1. The van der Waals surface area contributed by atoms with Gasteiger partial charge in [-0.25, -0.2) is 4.98 Å². The number of fused-ring (bicyclic) bond motifs is 1. The molecule has 0 aromatic carbocycles. The van der Waals surface area contributed by atoms with E-state index in [1.807, 2.05) is 26.0 Å². The number of thioether (sulfide) groups is 1. The highest BCUT2D eigenvalue weighted by atomic mass is 32.2. The van der Waals surface area contributed by atoms with Gasteiger partial charge in [0.05, 0.1) is 23.1 Å². The Hall–Kier alpha value is -2.23. The average molecular weight is 473 g/mol. The number of aromatic nitrogens is 2. The molecule has 4 rings (SSSR count). The Labute approximate surface area is 197 Å². The normalized spacial score (nSPS) is 20.2. The van der Waals surface area contributed by atoms with Gasteiger partial charge in [0.2, 0.25) is 0 Å². The number of anilines is 1. The van der Waals surface area contributed by atoms with Crippen LogP contribution in [0.15, 0.2) is 28.0 Å². The molecule has 0 N–H and O–H groups in total. The van der Waals surface area contributed by atoms with Crippen molar-refractivity contribution in [3.63, 3.8) is 0 Å². The highest BCUT2D eigenvalue weighted by Gasteiger charge is 2.35. The summed E-state index contributed by atoms with van der Waals surface area (Å²) in [7, 11) is 0. The summed E-state index contributed by atoms with van der Waals surface area (Å²) in [6.07, 6.45) is 6.26. The molecule has 0 aliphatic carbocycles. The van der Waals surface area contributed by atoms with Crippen molar-refractivity contribution in [2.45, 2.75) is 46.1 Å². The number of aryl methyl sites for hydroxylation is 1. The van der Waals surface area contributed by atoms with Gasteiger partial charge in [0.1, 0.15) is 15.8 Å². The predicted octanol–water partition coefficient (Wildman–Crippen LogP) is 3.62. The maximum absolute atomic E-state index is 13.5. The quantitative estimate of drug-likeness (QED) is 0.450. The summed E-state index contributed by atoms with van der Waals surface area (Å²) in [4.78, 5) is 35.7. The topological polar surface area (TPSA) is 67.2 Å². The summed E-state index contributed by atoms with van der Waals surface area (Å²) >= 11 is 6.72. The molecule has 2 aromatic rings. The zero-order valence-corrected chi connectivity index (χ0v) is 20.3. The summed E-state index contributed by atoms with van der Waals surface area (Å²) in [5.74, 6) is 0.437. The lowest BCUT2D eigenvalue weighted by Crippen LogP contribution is -2.35. The molecule has 2 aliphatic heterocycles. The van der Waals surface area contributed by atoms with Crippen molar-refractivity contribution in [3.05, 3.63) is 44.7 Å². The van der Waals surface area contributed by atoms with Crippen LogP contribution in [-0.2, 0) is 9.53 Å². The van der Waals surface area contributed by atoms with Gasteiger partial charge in [-0.3, -0.25) is 18.9 Å². The van der Waals surface area contributed by atoms with Gasteiger partial charge in [-0.2, -0.15) is 0 Å². The van der Waals surface area contributed by atoms with Crippen molar-refractivity contribution >= 4 is 51.7 Å². The molecule has 0 unspecified atom stereocenters. The number of pyridine rings is 1. The highest BCUT2D eigenvalue weighted by molar-refractivity contribution is 8.26. The molecule has 7 nitrogen and oxygen atoms in total. The summed E-state index contributed by atoms with van der Waals surface area (Å²) in [5, 5.41) is 0. The number of rotatable bonds is 7. The smallest absolute Gasteiger partial charge is 0.267 e. The van der Waals surface area contributed by atoms with Crippen molar-refractivity contribution in [1.82, 2.24) is 14.3 Å². The fourth-order valence-electron chi connectivity index (χ4n) is 4.13. The number of carbonyl (C=O) groups excluding carboxylic acids is 1. The number of ether oxygens (including phenoxy) is 1. The van der Waals surface area contributed by atoms with E-state index in [2.05, 4.69) is 11.8 Å². The third-order valence-electron chi connectivity index (χ3n) is 5.80. The van der Waals surface area contributed by atoms with Crippen LogP contribution < -0.4 is 10.5 Å². The second-order valence-corrected chi connectivity index (χ2v) is 9.72. The van der Waals surface area contributed by atoms with E-state index in [-0.39, 0.29) is 17.6 Å². The lowest BCUT2D eigenvalue weighted by molar-refractivity contribution is -0.123. The van der Waals surface area contributed by atoms with E-state index in [1.165, 1.54) is 11.8 Å². The number of amides is 1. The van der Waals surface area contributed by atoms with Gasteiger partial charge in [0, 0.05) is 25.9 Å². The molecule has 2 fully saturated rings. The molecule has 4 heterocycles. The van der Waals surface area contributed by atoms with Gasteiger partial charge in [-0.05, 0) is 50.8 Å². The first-order valence-corrected chi connectivity index (χ1v) is 12.3. The van der Waals surface area contributed by atoms with E-state index in [0.29, 0.717) is 39.3 Å². The molecule has 170 valence electrons. The molecule has 0 saturated carbocycles. The zero-order chi connectivity index (χ0) is 22.8. The number of hydrogen-bond acceptors (Lipinski definition) is 7. The lowest BCUT2D eigenvalue weighted by Gasteiger charge is -2.23. The van der Waals surface area contributed by atoms with Gasteiger partial charge in [-0.1, -0.05) is 37.0 Å². The molecule has 0 spiro atoms. The molecule has 0 bridgehead atoms. The summed E-state index contributed by atoms with van der Waals surface area (Å²) in [5.41, 5.74) is 1.78. The first-order chi connectivity index (χ1) is 15.4. The second-order valence-electron chi connectivity index (χ2n) is 8.05. The molecule has 2 saturated heterocycles. The maximum atomic E-state index is 13.5. The van der Waals surface area contributed by atoms with Crippen molar-refractivity contribution in [2.24, 2.45) is 0 Å². The fraction of sp³-hybridized carbons (Fsp3) is 0.478. The Morgan fingerprint density at radius 1 is 1.38 bits per heavy atom. The molecule has 0 radical (unpaired) electrons. The summed E-state index contributed by atoms with van der Waals surface area (Å²) in [6.45, 7) is 8.74. The molecule has 1 amide bonds. The van der Waals surface area contributed by atoms with Crippen LogP contribution in [-0.4, -0.2) is 56.9 Å². The van der Waals surface area contributed by atoms with Crippen LogP contribution in [0.5, 0.6) is 0 Å². The van der Waals surface area contributed by atoms with E-state index in [9.17, 15) is 9.59 Å². The zero-order valence-electron chi connectivity index (χ0n) is 18.7. The Bertz CT molecular complexity index is 1140. The Morgan fingerprint density at radius 3 is 2.88 bits per heavy atom. The van der Waals surface area contributed by atoms with Crippen LogP contribution in [0.25, 0.3) is 11.7 Å². The maximum Gasteiger partial charge on any atom is 0.267 e. The van der Waals surface area contributed by atoms with Crippen LogP contribution in [0.2, 0.25) is 0 Å². The Morgan fingerprint density at radius 2 is 2.19 bits per heavy atom. The third kappa shape index (κ3) is 4.33. The predicted molar refractivity (Wildman–Crippen MR) is 133 cm³/mol. The van der Waals surface area contributed by atoms with Crippen molar-refractivity contribution in [3.8, 4) is 0 Å². The van der Waals surface area contributed by atoms with Crippen LogP contribution in [0.1, 0.15) is 44.2 Å². The van der Waals surface area contributed by atoms with Gasteiger partial charge in [-0.15, -0.1) is 0 Å². The van der Waals surface area contributed by atoms with E-state index in [0.717, 1.165) is 38.0 Å². The minimum absolute atomic E-state index is 0.0171. The lowest BCUT2D eigenvalue weighted by atomic mass is 10.2. The first kappa shape index (κ1) is 22.9. The minimum atomic E-state index is -0.187. The van der Waals surface area contributed by atoms with Gasteiger partial charge >= 0.3 is 0 Å². The molecule has 2 aromatic heterocycles. The SMILES string of the molecule is CCCN(CC)c1nc2c(C)cccn2c(=O)c1/C=C1\SC(=S)N(C[C@H]2CCCO2)C1=O. The van der Waals surface area contributed by atoms with Gasteiger partial charge in [0.25, 0.3) is 11.5 Å². The summed E-state index contributed by atoms with van der Waals surface area (Å²) in [6, 6.07) is 3.77. The van der Waals surface area contributed by atoms with Crippen LogP contribution >= 0.6 is 24.0 Å². The molecule has 9 heteroatoms. The van der Waals surface area contributed by atoms with Gasteiger partial charge < -0.3 is 9.64 Å². The minimum Gasteiger partial charge on any atom is -0.376 e. The molecule has 32 heavy (non-hydrogen) atoms. The third-order valence-corrected chi connectivity index (χ3v) is 7.18. The fourth-order valence-corrected chi connectivity index (χ4v) is 5.39. The van der Waals surface area contributed by atoms with E-state index >= 15 is 0 Å². The molecular weight excluding hydrogens is 444 g/mol. The van der Waals surface area contributed by atoms with Crippen molar-refractivity contribution in [2.75, 3.05) is 31.1 Å². The van der Waals surface area contributed by atoms with Crippen LogP contribution in [0.3, 0.4) is 0 Å². The number of nitrogens with zero attached hydrogens (tertiary/aromatic N) is 4. The standard InChI is InChI=1S/C23H28N4O3S2/c1-4-10-25(5-2)20-17(21(28)26-11-6-8-15(3)19(26)24-20)13-18-22(29)27(23(31)32-18)14-16-9-7-12-30-16/h6,8,11,13,16H,4-5,7,9-10,12,14H2,1-3H3/b18-13-/t16-/m1/s1. The van der Waals surface area contributed by atoms with Gasteiger partial charge in [0.15, 0.2) is 0 Å². The average Bonchev–Trinajstić information content (AvgIpc) is 3.38. The van der Waals surface area contributed by atoms with E-state index in [1.54, 1.807) is 21.6 Å². The number of carbonyl (C=O) groups is 1. The Balaban J connectivity index is 1.79. The van der Waals surface area contributed by atoms with Crippen molar-refractivity contribution < 1.29 is 9.53 Å². The molecular formula is C23H28N4O3S2. The van der Waals surface area contributed by atoms with Crippen molar-refractivity contribution in [1.29, 1.82) is 0 Å². The van der Waals surface area contributed by atoms with Crippen LogP contribution in [0.4, 0.5) is 5.82 Å². The monoisotopic (exact) mass is 472 g/mol.